The summed E-state index contributed by atoms with van der Waals surface area (Å²) < 4.78 is 5.05. The Morgan fingerprint density at radius 2 is 2.22 bits per heavy atom. The second-order valence-corrected chi connectivity index (χ2v) is 3.90. The molecule has 2 heterocycles. The van der Waals surface area contributed by atoms with Gasteiger partial charge >= 0.3 is 0 Å². The van der Waals surface area contributed by atoms with Crippen LogP contribution >= 0.6 is 0 Å². The van der Waals surface area contributed by atoms with Crippen LogP contribution in [0.3, 0.4) is 0 Å². The third-order valence-electron chi connectivity index (χ3n) is 2.64. The predicted octanol–water partition coefficient (Wildman–Crippen LogP) is 1.05. The lowest BCUT2D eigenvalue weighted by atomic mass is 10.1. The van der Waals surface area contributed by atoms with Gasteiger partial charge in [-0.25, -0.2) is 4.98 Å². The summed E-state index contributed by atoms with van der Waals surface area (Å²) in [6.07, 6.45) is 5.14. The molecule has 0 fully saturated rings. The van der Waals surface area contributed by atoms with E-state index < -0.39 is 0 Å². The van der Waals surface area contributed by atoms with Gasteiger partial charge in [-0.05, 0) is 20.3 Å². The molecule has 0 aromatic carbocycles. The maximum atomic E-state index is 11.7. The standard InChI is InChI=1S/C12H14N4O2/c1-8-10(9(2)18-16-8)3-4-15-12(17)11-7-13-5-6-14-11/h5-7H,3-4H2,1-2H3,(H,15,17). The normalized spacial score (nSPS) is 10.3. The van der Waals surface area contributed by atoms with E-state index in [1.807, 2.05) is 13.8 Å². The van der Waals surface area contributed by atoms with Crippen molar-refractivity contribution in [2.45, 2.75) is 20.3 Å². The molecule has 0 spiro atoms. The van der Waals surface area contributed by atoms with Crippen molar-refractivity contribution >= 4 is 5.91 Å². The highest BCUT2D eigenvalue weighted by Gasteiger charge is 2.10. The number of hydrogen-bond donors (Lipinski definition) is 1. The molecule has 0 radical (unpaired) electrons. The van der Waals surface area contributed by atoms with Crippen LogP contribution in [0.4, 0.5) is 0 Å². The van der Waals surface area contributed by atoms with Gasteiger partial charge in [-0.2, -0.15) is 0 Å². The minimum absolute atomic E-state index is 0.227. The molecule has 1 N–H and O–H groups in total. The molecule has 0 saturated heterocycles. The first-order valence-electron chi connectivity index (χ1n) is 5.64. The number of rotatable bonds is 4. The monoisotopic (exact) mass is 246 g/mol. The highest BCUT2D eigenvalue weighted by Crippen LogP contribution is 2.12. The van der Waals surface area contributed by atoms with E-state index in [2.05, 4.69) is 20.4 Å². The van der Waals surface area contributed by atoms with Crippen LogP contribution in [0.1, 0.15) is 27.5 Å². The Hall–Kier alpha value is -2.24. The summed E-state index contributed by atoms with van der Waals surface area (Å²) in [7, 11) is 0. The van der Waals surface area contributed by atoms with Crippen molar-refractivity contribution in [2.75, 3.05) is 6.54 Å². The van der Waals surface area contributed by atoms with Crippen LogP contribution in [-0.4, -0.2) is 27.6 Å². The number of nitrogens with zero attached hydrogens (tertiary/aromatic N) is 3. The molecule has 1 amide bonds. The van der Waals surface area contributed by atoms with Gasteiger partial charge in [0.25, 0.3) is 5.91 Å². The van der Waals surface area contributed by atoms with E-state index >= 15 is 0 Å². The second kappa shape index (κ2) is 5.39. The van der Waals surface area contributed by atoms with Gasteiger partial charge in [-0.15, -0.1) is 0 Å². The lowest BCUT2D eigenvalue weighted by molar-refractivity contribution is 0.0948. The topological polar surface area (TPSA) is 80.9 Å². The molecule has 0 bridgehead atoms. The predicted molar refractivity (Wildman–Crippen MR) is 64.0 cm³/mol. The Morgan fingerprint density at radius 3 is 2.83 bits per heavy atom. The SMILES string of the molecule is Cc1noc(C)c1CCNC(=O)c1cnccn1. The van der Waals surface area contributed by atoms with Crippen LogP contribution in [0, 0.1) is 13.8 Å². The van der Waals surface area contributed by atoms with E-state index in [0.717, 1.165) is 17.0 Å². The first-order valence-corrected chi connectivity index (χ1v) is 5.64. The number of aromatic nitrogens is 3. The number of amides is 1. The smallest absolute Gasteiger partial charge is 0.271 e. The molecular weight excluding hydrogens is 232 g/mol. The summed E-state index contributed by atoms with van der Waals surface area (Å²) in [6, 6.07) is 0. The van der Waals surface area contributed by atoms with Gasteiger partial charge in [-0.1, -0.05) is 5.16 Å². The molecule has 6 nitrogen and oxygen atoms in total. The Kier molecular flexibility index (Phi) is 3.66. The van der Waals surface area contributed by atoms with Crippen LogP contribution in [-0.2, 0) is 6.42 Å². The zero-order valence-electron chi connectivity index (χ0n) is 10.3. The third-order valence-corrected chi connectivity index (χ3v) is 2.64. The number of carbonyl (C=O) groups is 1. The average Bonchev–Trinajstić information content (AvgIpc) is 2.71. The van der Waals surface area contributed by atoms with E-state index in [4.69, 9.17) is 4.52 Å². The summed E-state index contributed by atoms with van der Waals surface area (Å²) >= 11 is 0. The Bertz CT molecular complexity index is 517. The lowest BCUT2D eigenvalue weighted by Crippen LogP contribution is -2.26. The molecule has 0 saturated carbocycles. The summed E-state index contributed by atoms with van der Waals surface area (Å²) in [5, 5.41) is 6.64. The summed E-state index contributed by atoms with van der Waals surface area (Å²) in [5.74, 6) is 0.566. The van der Waals surface area contributed by atoms with Crippen molar-refractivity contribution in [1.29, 1.82) is 0 Å². The van der Waals surface area contributed by atoms with Crippen LogP contribution in [0.5, 0.6) is 0 Å². The molecule has 0 atom stereocenters. The van der Waals surface area contributed by atoms with E-state index in [-0.39, 0.29) is 5.91 Å². The fraction of sp³-hybridized carbons (Fsp3) is 0.333. The quantitative estimate of drug-likeness (QED) is 0.872. The fourth-order valence-corrected chi connectivity index (χ4v) is 1.67. The molecule has 2 rings (SSSR count). The minimum Gasteiger partial charge on any atom is -0.361 e. The summed E-state index contributed by atoms with van der Waals surface area (Å²) in [6.45, 7) is 4.26. The van der Waals surface area contributed by atoms with Crippen molar-refractivity contribution in [2.24, 2.45) is 0 Å². The van der Waals surface area contributed by atoms with E-state index in [1.165, 1.54) is 18.6 Å². The van der Waals surface area contributed by atoms with Gasteiger partial charge in [0.1, 0.15) is 11.5 Å². The average molecular weight is 246 g/mol. The van der Waals surface area contributed by atoms with E-state index in [1.54, 1.807) is 0 Å². The van der Waals surface area contributed by atoms with Crippen molar-refractivity contribution in [3.63, 3.8) is 0 Å². The number of carbonyl (C=O) groups excluding carboxylic acids is 1. The van der Waals surface area contributed by atoms with Gasteiger partial charge < -0.3 is 9.84 Å². The Morgan fingerprint density at radius 1 is 1.39 bits per heavy atom. The van der Waals surface area contributed by atoms with Gasteiger partial charge in [0.05, 0.1) is 11.9 Å². The first-order chi connectivity index (χ1) is 8.68. The molecule has 6 heteroatoms. The van der Waals surface area contributed by atoms with Crippen molar-refractivity contribution < 1.29 is 9.32 Å². The van der Waals surface area contributed by atoms with Gasteiger partial charge in [0, 0.05) is 24.5 Å². The van der Waals surface area contributed by atoms with Crippen molar-refractivity contribution in [3.05, 3.63) is 41.3 Å². The molecule has 94 valence electrons. The zero-order chi connectivity index (χ0) is 13.0. The summed E-state index contributed by atoms with van der Waals surface area (Å²) in [5.41, 5.74) is 2.21. The van der Waals surface area contributed by atoms with Gasteiger partial charge in [-0.3, -0.25) is 9.78 Å². The van der Waals surface area contributed by atoms with Crippen LogP contribution in [0.15, 0.2) is 23.1 Å². The Balaban J connectivity index is 1.88. The number of hydrogen-bond acceptors (Lipinski definition) is 5. The molecule has 0 aliphatic rings. The van der Waals surface area contributed by atoms with Gasteiger partial charge in [0.15, 0.2) is 0 Å². The molecular formula is C12H14N4O2. The number of aryl methyl sites for hydroxylation is 2. The largest absolute Gasteiger partial charge is 0.361 e. The molecule has 0 unspecified atom stereocenters. The van der Waals surface area contributed by atoms with Crippen molar-refractivity contribution in [3.8, 4) is 0 Å². The van der Waals surface area contributed by atoms with E-state index in [0.29, 0.717) is 18.7 Å². The molecule has 18 heavy (non-hydrogen) atoms. The maximum absolute atomic E-state index is 11.7. The van der Waals surface area contributed by atoms with E-state index in [9.17, 15) is 4.79 Å². The Labute approximate surface area is 104 Å². The third kappa shape index (κ3) is 2.71. The van der Waals surface area contributed by atoms with Crippen LogP contribution < -0.4 is 5.32 Å². The molecule has 2 aromatic rings. The number of nitrogens with one attached hydrogen (secondary N) is 1. The van der Waals surface area contributed by atoms with Crippen LogP contribution in [0.25, 0.3) is 0 Å². The molecule has 0 aliphatic carbocycles. The molecule has 2 aromatic heterocycles. The summed E-state index contributed by atoms with van der Waals surface area (Å²) in [4.78, 5) is 19.5. The highest BCUT2D eigenvalue weighted by molar-refractivity contribution is 5.91. The maximum Gasteiger partial charge on any atom is 0.271 e. The zero-order valence-corrected chi connectivity index (χ0v) is 10.3. The second-order valence-electron chi connectivity index (χ2n) is 3.90. The highest BCUT2D eigenvalue weighted by atomic mass is 16.5. The molecule has 0 aliphatic heterocycles. The fourth-order valence-electron chi connectivity index (χ4n) is 1.67. The van der Waals surface area contributed by atoms with Gasteiger partial charge in [0.2, 0.25) is 0 Å². The van der Waals surface area contributed by atoms with Crippen LogP contribution in [0.2, 0.25) is 0 Å². The lowest BCUT2D eigenvalue weighted by Gasteiger charge is -2.03. The minimum atomic E-state index is -0.227. The van der Waals surface area contributed by atoms with Crippen molar-refractivity contribution in [1.82, 2.24) is 20.4 Å². The first kappa shape index (κ1) is 12.2.